The van der Waals surface area contributed by atoms with Crippen LogP contribution < -0.4 is 0 Å². The number of rotatable bonds is 0. The lowest BCUT2D eigenvalue weighted by Crippen LogP contribution is -2.26. The number of hydrogen-bond donors (Lipinski definition) is 2. The summed E-state index contributed by atoms with van der Waals surface area (Å²) < 4.78 is 0. The molecule has 4 fully saturated rings. The van der Waals surface area contributed by atoms with E-state index < -0.39 is 0 Å². The van der Waals surface area contributed by atoms with Gasteiger partial charge in [-0.15, -0.1) is 0 Å². The van der Waals surface area contributed by atoms with E-state index >= 15 is 0 Å². The Labute approximate surface area is 87.7 Å². The summed E-state index contributed by atoms with van der Waals surface area (Å²) in [6, 6.07) is 0. The third-order valence-corrected chi connectivity index (χ3v) is 5.42. The van der Waals surface area contributed by atoms with Gasteiger partial charge >= 0.3 is 0 Å². The summed E-state index contributed by atoms with van der Waals surface area (Å²) in [5, 5.41) is 25.0. The molecule has 0 unspecified atom stereocenters. The molecule has 0 aromatic rings. The van der Waals surface area contributed by atoms with Gasteiger partial charge in [-0.05, 0) is 42.9 Å². The molecule has 0 spiro atoms. The fourth-order valence-corrected chi connectivity index (χ4v) is 5.14. The van der Waals surface area contributed by atoms with Crippen LogP contribution in [-0.2, 0) is 0 Å². The van der Waals surface area contributed by atoms with Gasteiger partial charge in [0.15, 0.2) is 0 Å². The van der Waals surface area contributed by atoms with Crippen LogP contribution in [0.5, 0.6) is 0 Å². The van der Waals surface area contributed by atoms with E-state index in [1.807, 2.05) is 0 Å². The molecule has 4 aliphatic rings. The summed E-state index contributed by atoms with van der Waals surface area (Å²) in [5.41, 5.74) is 1.95. The highest BCUT2D eigenvalue weighted by Gasteiger charge is 2.67. The first kappa shape index (κ1) is 8.13. The van der Waals surface area contributed by atoms with E-state index in [0.717, 1.165) is 36.1 Å². The van der Waals surface area contributed by atoms with E-state index in [9.17, 15) is 0 Å². The van der Waals surface area contributed by atoms with E-state index in [-0.39, 0.29) is 0 Å². The van der Waals surface area contributed by atoms with Crippen LogP contribution in [0.3, 0.4) is 0 Å². The summed E-state index contributed by atoms with van der Waals surface area (Å²) >= 11 is 0. The van der Waals surface area contributed by atoms with Gasteiger partial charge in [0.1, 0.15) is 0 Å². The number of hydrogen-bond acceptors (Lipinski definition) is 4. The van der Waals surface area contributed by atoms with Crippen LogP contribution in [0.2, 0.25) is 0 Å². The summed E-state index contributed by atoms with van der Waals surface area (Å²) in [6.07, 6.45) is 3.24. The van der Waals surface area contributed by atoms with Gasteiger partial charge in [-0.2, -0.15) is 0 Å². The predicted octanol–water partition coefficient (Wildman–Crippen LogP) is 1.57. The van der Waals surface area contributed by atoms with Crippen molar-refractivity contribution in [2.45, 2.75) is 19.3 Å². The van der Waals surface area contributed by atoms with Crippen LogP contribution in [-0.4, -0.2) is 21.8 Å². The lowest BCUT2D eigenvalue weighted by Gasteiger charge is -2.24. The number of oxime groups is 2. The molecule has 4 aliphatic carbocycles. The van der Waals surface area contributed by atoms with Crippen LogP contribution >= 0.6 is 0 Å². The molecule has 0 aliphatic heterocycles. The minimum absolute atomic E-state index is 0.398. The van der Waals surface area contributed by atoms with Crippen LogP contribution in [0, 0.1) is 35.5 Å². The van der Waals surface area contributed by atoms with Gasteiger partial charge in [0.2, 0.25) is 0 Å². The summed E-state index contributed by atoms with van der Waals surface area (Å²) in [7, 11) is 0. The Morgan fingerprint density at radius 1 is 0.800 bits per heavy atom. The number of nitrogens with zero attached hydrogens (tertiary/aromatic N) is 2. The van der Waals surface area contributed by atoms with Gasteiger partial charge in [-0.25, -0.2) is 0 Å². The molecule has 4 heteroatoms. The van der Waals surface area contributed by atoms with E-state index in [1.165, 1.54) is 6.42 Å². The van der Waals surface area contributed by atoms with Gasteiger partial charge in [0.25, 0.3) is 0 Å². The van der Waals surface area contributed by atoms with Crippen molar-refractivity contribution in [1.82, 2.24) is 0 Å². The quantitative estimate of drug-likeness (QED) is 0.466. The van der Waals surface area contributed by atoms with Gasteiger partial charge in [-0.1, -0.05) is 10.3 Å². The van der Waals surface area contributed by atoms with E-state index in [0.29, 0.717) is 23.7 Å². The maximum atomic E-state index is 9.02. The van der Waals surface area contributed by atoms with E-state index in [2.05, 4.69) is 10.3 Å². The van der Waals surface area contributed by atoms with Crippen LogP contribution in [0.25, 0.3) is 0 Å². The SMILES string of the molecule is O/N=C1/C[C@H]2[C@H]3C/C(=N/O)[C@H]4[C@@H]3C[C@@H]2[C@@H]14. The van der Waals surface area contributed by atoms with Gasteiger partial charge < -0.3 is 10.4 Å². The van der Waals surface area contributed by atoms with Crippen molar-refractivity contribution in [2.24, 2.45) is 45.8 Å². The Bertz CT molecular complexity index is 350. The first-order valence-electron chi connectivity index (χ1n) is 5.76. The van der Waals surface area contributed by atoms with Crippen molar-refractivity contribution in [1.29, 1.82) is 0 Å². The smallest absolute Gasteiger partial charge is 0.0614 e. The first-order valence-corrected chi connectivity index (χ1v) is 5.76. The highest BCUT2D eigenvalue weighted by atomic mass is 16.4. The third-order valence-electron chi connectivity index (χ3n) is 5.42. The molecule has 2 bridgehead atoms. The molecule has 0 aromatic heterocycles. The molecule has 0 saturated heterocycles. The third kappa shape index (κ3) is 0.703. The zero-order chi connectivity index (χ0) is 10.2. The summed E-state index contributed by atoms with van der Waals surface area (Å²) in [6.45, 7) is 0. The maximum absolute atomic E-state index is 9.02. The topological polar surface area (TPSA) is 65.2 Å². The van der Waals surface area contributed by atoms with Crippen molar-refractivity contribution < 1.29 is 10.4 Å². The van der Waals surface area contributed by atoms with Crippen molar-refractivity contribution in [3.05, 3.63) is 0 Å². The highest BCUT2D eigenvalue weighted by molar-refractivity contribution is 6.00. The fraction of sp³-hybridized carbons (Fsp3) is 0.818. The van der Waals surface area contributed by atoms with Crippen molar-refractivity contribution in [3.8, 4) is 0 Å². The highest BCUT2D eigenvalue weighted by Crippen LogP contribution is 2.68. The molecule has 0 aromatic carbocycles. The zero-order valence-electron chi connectivity index (χ0n) is 8.37. The average molecular weight is 206 g/mol. The second-order valence-corrected chi connectivity index (χ2v) is 5.53. The lowest BCUT2D eigenvalue weighted by molar-refractivity contribution is 0.240. The second kappa shape index (κ2) is 2.36. The monoisotopic (exact) mass is 206 g/mol. The van der Waals surface area contributed by atoms with Crippen LogP contribution in [0.15, 0.2) is 10.3 Å². The van der Waals surface area contributed by atoms with Crippen molar-refractivity contribution in [2.75, 3.05) is 0 Å². The Hall–Kier alpha value is -1.06. The van der Waals surface area contributed by atoms with Crippen LogP contribution in [0.4, 0.5) is 0 Å². The average Bonchev–Trinajstić information content (AvgIpc) is 2.83. The Balaban J connectivity index is 1.87. The van der Waals surface area contributed by atoms with Crippen molar-refractivity contribution in [3.63, 3.8) is 0 Å². The Kier molecular flexibility index (Phi) is 1.28. The molecule has 4 saturated carbocycles. The molecule has 80 valence electrons. The molecule has 6 atom stereocenters. The van der Waals surface area contributed by atoms with Crippen molar-refractivity contribution >= 4 is 11.4 Å². The molecule has 0 amide bonds. The standard InChI is InChI=1S/C11H14N2O2/c14-12-8-2-4-5-3-9(13-15)11-7(5)1-6(4)10(8)11/h4-7,10-11,14-15H,1-3H2/b12-8-,13-9-/t4-,5+,6-,7+,10-,11+. The van der Waals surface area contributed by atoms with Gasteiger partial charge in [-0.3, -0.25) is 0 Å². The minimum atomic E-state index is 0.398. The molecule has 0 radical (unpaired) electrons. The van der Waals surface area contributed by atoms with Gasteiger partial charge in [0, 0.05) is 11.8 Å². The molecular weight excluding hydrogens is 192 g/mol. The molecule has 0 heterocycles. The molecule has 15 heavy (non-hydrogen) atoms. The number of fused-ring (bicyclic) bond motifs is 2. The molecular formula is C11H14N2O2. The summed E-state index contributed by atoms with van der Waals surface area (Å²) in [5.74, 6) is 3.65. The second-order valence-electron chi connectivity index (χ2n) is 5.53. The summed E-state index contributed by atoms with van der Waals surface area (Å²) in [4.78, 5) is 0. The maximum Gasteiger partial charge on any atom is 0.0614 e. The fourth-order valence-electron chi connectivity index (χ4n) is 5.14. The molecule has 2 N–H and O–H groups in total. The molecule has 4 rings (SSSR count). The minimum Gasteiger partial charge on any atom is -0.411 e. The van der Waals surface area contributed by atoms with E-state index in [1.54, 1.807) is 0 Å². The van der Waals surface area contributed by atoms with E-state index in [4.69, 9.17) is 10.4 Å². The first-order chi connectivity index (χ1) is 7.35. The predicted molar refractivity (Wildman–Crippen MR) is 53.2 cm³/mol. The molecule has 4 nitrogen and oxygen atoms in total. The normalized spacial score (nSPS) is 60.0. The van der Waals surface area contributed by atoms with Crippen LogP contribution in [0.1, 0.15) is 19.3 Å². The zero-order valence-corrected chi connectivity index (χ0v) is 8.37. The Morgan fingerprint density at radius 3 is 1.67 bits per heavy atom. The van der Waals surface area contributed by atoms with Gasteiger partial charge in [0.05, 0.1) is 11.4 Å². The Morgan fingerprint density at radius 2 is 1.27 bits per heavy atom. The largest absolute Gasteiger partial charge is 0.411 e. The lowest BCUT2D eigenvalue weighted by atomic mass is 9.79.